The molecule has 0 bridgehead atoms. The standard InChI is InChI=1S/C13H29NOSi2/c1-11-7-6-8-12(2)14(11)17(5)10-13(3,4)9-15-16-17/h11-12H,6-10,16H2,1-5H3. The molecule has 3 unspecified atom stereocenters. The third kappa shape index (κ3) is 2.85. The van der Waals surface area contributed by atoms with Gasteiger partial charge in [-0.15, -0.1) is 0 Å². The second-order valence-electron chi connectivity index (χ2n) is 7.37. The molecule has 2 nitrogen and oxygen atoms in total. The first-order chi connectivity index (χ1) is 7.84. The van der Waals surface area contributed by atoms with Gasteiger partial charge < -0.3 is 8.99 Å². The quantitative estimate of drug-likeness (QED) is 0.679. The molecule has 2 saturated heterocycles. The Hall–Kier alpha value is 0.354. The van der Waals surface area contributed by atoms with Crippen LogP contribution in [0.5, 0.6) is 0 Å². The SMILES string of the molecule is CC1CCCC(C)N1[Si]1(C)CC(C)(C)CO[SiH2]1. The van der Waals surface area contributed by atoms with E-state index in [0.29, 0.717) is 5.41 Å². The van der Waals surface area contributed by atoms with Crippen LogP contribution in [0.3, 0.4) is 0 Å². The van der Waals surface area contributed by atoms with Crippen LogP contribution in [0.25, 0.3) is 0 Å². The van der Waals surface area contributed by atoms with Gasteiger partial charge in [-0.25, -0.2) is 0 Å². The molecule has 0 amide bonds. The highest BCUT2D eigenvalue weighted by molar-refractivity contribution is 7.20. The third-order valence-corrected chi connectivity index (χ3v) is 13.8. The fourth-order valence-corrected chi connectivity index (χ4v) is 16.7. The molecule has 0 N–H and O–H groups in total. The van der Waals surface area contributed by atoms with Crippen LogP contribution in [0.1, 0.15) is 47.0 Å². The lowest BCUT2D eigenvalue weighted by atomic mass is 9.98. The van der Waals surface area contributed by atoms with Crippen molar-refractivity contribution >= 4 is 17.0 Å². The van der Waals surface area contributed by atoms with Gasteiger partial charge in [0.1, 0.15) is 7.75 Å². The van der Waals surface area contributed by atoms with Crippen LogP contribution in [0.2, 0.25) is 12.6 Å². The number of rotatable bonds is 1. The third-order valence-electron chi connectivity index (χ3n) is 4.58. The van der Waals surface area contributed by atoms with E-state index >= 15 is 0 Å². The molecule has 4 heteroatoms. The van der Waals surface area contributed by atoms with Crippen molar-refractivity contribution in [3.05, 3.63) is 0 Å². The minimum Gasteiger partial charge on any atom is -0.425 e. The zero-order valence-electron chi connectivity index (χ0n) is 12.3. The van der Waals surface area contributed by atoms with E-state index in [4.69, 9.17) is 4.43 Å². The van der Waals surface area contributed by atoms with Gasteiger partial charge in [0.25, 0.3) is 0 Å². The van der Waals surface area contributed by atoms with Gasteiger partial charge in [-0.3, -0.25) is 0 Å². The van der Waals surface area contributed by atoms with E-state index in [1.54, 1.807) is 0 Å². The van der Waals surface area contributed by atoms with Crippen molar-refractivity contribution in [2.75, 3.05) is 6.61 Å². The zero-order valence-corrected chi connectivity index (χ0v) is 14.7. The first kappa shape index (κ1) is 13.8. The summed E-state index contributed by atoms with van der Waals surface area (Å²) >= 11 is 0. The van der Waals surface area contributed by atoms with Crippen LogP contribution >= 0.6 is 0 Å². The first-order valence-electron chi connectivity index (χ1n) is 7.20. The molecule has 0 aromatic carbocycles. The van der Waals surface area contributed by atoms with Gasteiger partial charge in [-0.2, -0.15) is 0 Å². The van der Waals surface area contributed by atoms with E-state index in [-0.39, 0.29) is 9.28 Å². The lowest BCUT2D eigenvalue weighted by Crippen LogP contribution is -2.67. The lowest BCUT2D eigenvalue weighted by molar-refractivity contribution is 0.159. The van der Waals surface area contributed by atoms with Gasteiger partial charge in [-0.1, -0.05) is 40.7 Å². The minimum absolute atomic E-state index is 0.286. The molecule has 0 aliphatic carbocycles. The Bertz CT molecular complexity index is 275. The molecular formula is C13H29NOSi2. The predicted molar refractivity (Wildman–Crippen MR) is 79.3 cm³/mol. The Morgan fingerprint density at radius 2 is 1.82 bits per heavy atom. The van der Waals surface area contributed by atoms with Crippen LogP contribution in [-0.2, 0) is 4.43 Å². The molecule has 0 aromatic rings. The normalized spacial score (nSPS) is 45.0. The van der Waals surface area contributed by atoms with Crippen molar-refractivity contribution in [3.63, 3.8) is 0 Å². The average molecular weight is 272 g/mol. The highest BCUT2D eigenvalue weighted by Gasteiger charge is 2.47. The van der Waals surface area contributed by atoms with Gasteiger partial charge in [0, 0.05) is 18.7 Å². The molecule has 2 aliphatic heterocycles. The van der Waals surface area contributed by atoms with Crippen LogP contribution in [0.4, 0.5) is 0 Å². The number of nitrogens with zero attached hydrogens (tertiary/aromatic N) is 1. The van der Waals surface area contributed by atoms with E-state index in [1.165, 1.54) is 25.3 Å². The Morgan fingerprint density at radius 1 is 1.24 bits per heavy atom. The van der Waals surface area contributed by atoms with E-state index in [9.17, 15) is 0 Å². The summed E-state index contributed by atoms with van der Waals surface area (Å²) in [6, 6.07) is 3.07. The van der Waals surface area contributed by atoms with E-state index < -0.39 is 7.75 Å². The molecule has 0 saturated carbocycles. The predicted octanol–water partition coefficient (Wildman–Crippen LogP) is 2.46. The van der Waals surface area contributed by atoms with Crippen molar-refractivity contribution in [3.8, 4) is 0 Å². The fraction of sp³-hybridized carbons (Fsp3) is 1.00. The maximum Gasteiger partial charge on any atom is 0.168 e. The average Bonchev–Trinajstić information content (AvgIpc) is 2.14. The van der Waals surface area contributed by atoms with E-state index in [1.807, 2.05) is 0 Å². The van der Waals surface area contributed by atoms with Crippen molar-refractivity contribution < 1.29 is 4.43 Å². The summed E-state index contributed by atoms with van der Waals surface area (Å²) in [5, 5.41) is 0. The van der Waals surface area contributed by atoms with Crippen LogP contribution < -0.4 is 0 Å². The highest BCUT2D eigenvalue weighted by atomic mass is 29.2. The van der Waals surface area contributed by atoms with Crippen molar-refractivity contribution in [1.29, 1.82) is 0 Å². The molecule has 0 aromatic heterocycles. The summed E-state index contributed by atoms with van der Waals surface area (Å²) in [6.45, 7) is 13.3. The summed E-state index contributed by atoms with van der Waals surface area (Å²) in [7, 11) is -1.53. The molecule has 0 spiro atoms. The van der Waals surface area contributed by atoms with Crippen LogP contribution in [0, 0.1) is 5.41 Å². The molecule has 100 valence electrons. The number of hydrogen-bond donors (Lipinski definition) is 0. The number of piperidine rings is 1. The molecule has 17 heavy (non-hydrogen) atoms. The Kier molecular flexibility index (Phi) is 3.89. The minimum atomic E-state index is -1.25. The first-order valence-corrected chi connectivity index (χ1v) is 12.8. The Balaban J connectivity index is 2.18. The smallest absolute Gasteiger partial charge is 0.168 e. The van der Waals surface area contributed by atoms with Crippen molar-refractivity contribution in [2.45, 2.75) is 71.6 Å². The summed E-state index contributed by atoms with van der Waals surface area (Å²) in [4.78, 5) is 0. The maximum absolute atomic E-state index is 6.11. The second kappa shape index (κ2) is 4.80. The Labute approximate surface area is 110 Å². The Morgan fingerprint density at radius 3 is 2.35 bits per heavy atom. The lowest BCUT2D eigenvalue weighted by Gasteiger charge is -2.53. The molecule has 3 atom stereocenters. The van der Waals surface area contributed by atoms with Gasteiger partial charge in [0.05, 0.1) is 0 Å². The van der Waals surface area contributed by atoms with Gasteiger partial charge in [-0.05, 0) is 24.3 Å². The van der Waals surface area contributed by atoms with Crippen LogP contribution in [0.15, 0.2) is 0 Å². The van der Waals surface area contributed by atoms with Gasteiger partial charge in [0.2, 0.25) is 0 Å². The highest BCUT2D eigenvalue weighted by Crippen LogP contribution is 2.38. The van der Waals surface area contributed by atoms with Crippen molar-refractivity contribution in [2.24, 2.45) is 5.41 Å². The molecular weight excluding hydrogens is 242 g/mol. The zero-order chi connectivity index (χ0) is 12.7. The molecule has 2 aliphatic rings. The van der Waals surface area contributed by atoms with Gasteiger partial charge >= 0.3 is 0 Å². The summed E-state index contributed by atoms with van der Waals surface area (Å²) in [6.07, 6.45) is 4.23. The summed E-state index contributed by atoms with van der Waals surface area (Å²) in [5.41, 5.74) is 0.420. The maximum atomic E-state index is 6.11. The summed E-state index contributed by atoms with van der Waals surface area (Å²) < 4.78 is 9.06. The van der Waals surface area contributed by atoms with Crippen LogP contribution in [-0.4, -0.2) is 40.3 Å². The molecule has 2 rings (SSSR count). The second-order valence-corrected chi connectivity index (χ2v) is 17.4. The fourth-order valence-electron chi connectivity index (χ4n) is 4.33. The number of hydrogen-bond acceptors (Lipinski definition) is 2. The van der Waals surface area contributed by atoms with Gasteiger partial charge in [0.15, 0.2) is 9.28 Å². The van der Waals surface area contributed by atoms with E-state index in [2.05, 4.69) is 38.8 Å². The van der Waals surface area contributed by atoms with Crippen molar-refractivity contribution in [1.82, 2.24) is 4.57 Å². The largest absolute Gasteiger partial charge is 0.425 e. The molecule has 2 heterocycles. The molecule has 2 fully saturated rings. The summed E-state index contributed by atoms with van der Waals surface area (Å²) in [5.74, 6) is 0. The monoisotopic (exact) mass is 271 g/mol. The topological polar surface area (TPSA) is 12.5 Å². The molecule has 0 radical (unpaired) electrons. The van der Waals surface area contributed by atoms with E-state index in [0.717, 1.165) is 18.7 Å².